The van der Waals surface area contributed by atoms with Crippen LogP contribution in [0.4, 0.5) is 0 Å². The van der Waals surface area contributed by atoms with Crippen LogP contribution >= 0.6 is 11.8 Å². The maximum absolute atomic E-state index is 11.5. The number of aromatic nitrogens is 3. The Morgan fingerprint density at radius 3 is 2.65 bits per heavy atom. The molecule has 3 rings (SSSR count). The zero-order chi connectivity index (χ0) is 13.9. The summed E-state index contributed by atoms with van der Waals surface area (Å²) in [5.41, 5.74) is 0.0469. The number of thioether (sulfide) groups is 1. The number of nitrogens with zero attached hydrogens (tertiary/aromatic N) is 1. The van der Waals surface area contributed by atoms with Crippen LogP contribution in [0.2, 0.25) is 0 Å². The number of fused-ring (bicyclic) bond motifs is 1. The van der Waals surface area contributed by atoms with Crippen molar-refractivity contribution in [2.45, 2.75) is 10.8 Å². The monoisotopic (exact) mass is 285 g/mol. The maximum Gasteiger partial charge on any atom is 0.342 e. The first-order valence-electron chi connectivity index (χ1n) is 6.02. The van der Waals surface area contributed by atoms with Crippen molar-refractivity contribution in [3.05, 3.63) is 68.9 Å². The van der Waals surface area contributed by atoms with E-state index >= 15 is 0 Å². The van der Waals surface area contributed by atoms with Gasteiger partial charge < -0.3 is 0 Å². The van der Waals surface area contributed by atoms with Gasteiger partial charge in [-0.2, -0.15) is 5.10 Å². The molecule has 6 heteroatoms. The van der Waals surface area contributed by atoms with Crippen LogP contribution < -0.4 is 11.2 Å². The molecule has 0 spiro atoms. The number of benzene rings is 2. The maximum atomic E-state index is 11.5. The highest BCUT2D eigenvalue weighted by Crippen LogP contribution is 2.21. The number of rotatable bonds is 3. The summed E-state index contributed by atoms with van der Waals surface area (Å²) in [5, 5.41) is 8.57. The van der Waals surface area contributed by atoms with Crippen LogP contribution in [0.25, 0.3) is 10.8 Å². The lowest BCUT2D eigenvalue weighted by Crippen LogP contribution is -2.24. The molecule has 0 aliphatic heterocycles. The van der Waals surface area contributed by atoms with Crippen molar-refractivity contribution in [2.24, 2.45) is 0 Å². The van der Waals surface area contributed by atoms with E-state index in [1.54, 1.807) is 0 Å². The average molecular weight is 285 g/mol. The smallest absolute Gasteiger partial charge is 0.271 e. The summed E-state index contributed by atoms with van der Waals surface area (Å²) in [5.74, 6) is 0.618. The quantitative estimate of drug-likeness (QED) is 0.720. The van der Waals surface area contributed by atoms with Crippen LogP contribution in [0.3, 0.4) is 0 Å². The SMILES string of the molecule is O=c1[nH]nc(SCc2ccc3ccccc3c2)c(=O)[nH]1. The van der Waals surface area contributed by atoms with E-state index in [-0.39, 0.29) is 5.03 Å². The average Bonchev–Trinajstić information content (AvgIpc) is 2.46. The molecule has 3 aromatic rings. The van der Waals surface area contributed by atoms with Gasteiger partial charge in [0, 0.05) is 5.75 Å². The van der Waals surface area contributed by atoms with Crippen molar-refractivity contribution in [1.82, 2.24) is 15.2 Å². The molecular weight excluding hydrogens is 274 g/mol. The Kier molecular flexibility index (Phi) is 3.39. The van der Waals surface area contributed by atoms with E-state index in [9.17, 15) is 9.59 Å². The number of H-pyrrole nitrogens is 2. The zero-order valence-electron chi connectivity index (χ0n) is 10.4. The fourth-order valence-electron chi connectivity index (χ4n) is 1.91. The van der Waals surface area contributed by atoms with E-state index in [1.807, 2.05) is 18.2 Å². The summed E-state index contributed by atoms with van der Waals surface area (Å²) in [6.07, 6.45) is 0. The van der Waals surface area contributed by atoms with Crippen molar-refractivity contribution in [3.8, 4) is 0 Å². The second kappa shape index (κ2) is 5.34. The zero-order valence-corrected chi connectivity index (χ0v) is 11.2. The van der Waals surface area contributed by atoms with Crippen molar-refractivity contribution >= 4 is 22.5 Å². The fraction of sp³-hybridized carbons (Fsp3) is 0.0714. The largest absolute Gasteiger partial charge is 0.342 e. The van der Waals surface area contributed by atoms with Crippen LogP contribution in [0.1, 0.15) is 5.56 Å². The van der Waals surface area contributed by atoms with E-state index < -0.39 is 11.2 Å². The predicted molar refractivity (Wildman–Crippen MR) is 79.0 cm³/mol. The summed E-state index contributed by atoms with van der Waals surface area (Å²) in [7, 11) is 0. The third kappa shape index (κ3) is 2.65. The highest BCUT2D eigenvalue weighted by molar-refractivity contribution is 7.98. The minimum atomic E-state index is -0.593. The van der Waals surface area contributed by atoms with Gasteiger partial charge in [0.2, 0.25) is 0 Å². The molecule has 0 bridgehead atoms. The predicted octanol–water partition coefficient (Wildman–Crippen LogP) is 1.90. The normalized spacial score (nSPS) is 10.8. The Morgan fingerprint density at radius 1 is 1.05 bits per heavy atom. The lowest BCUT2D eigenvalue weighted by Gasteiger charge is -2.03. The number of hydrogen-bond acceptors (Lipinski definition) is 4. The molecule has 1 aromatic heterocycles. The highest BCUT2D eigenvalue weighted by atomic mass is 32.2. The van der Waals surface area contributed by atoms with Crippen LogP contribution in [-0.4, -0.2) is 15.2 Å². The molecule has 1 heterocycles. The van der Waals surface area contributed by atoms with Crippen molar-refractivity contribution in [3.63, 3.8) is 0 Å². The first-order valence-corrected chi connectivity index (χ1v) is 7.00. The van der Waals surface area contributed by atoms with Gasteiger partial charge in [0.25, 0.3) is 5.56 Å². The lowest BCUT2D eigenvalue weighted by molar-refractivity contribution is 0.807. The third-order valence-electron chi connectivity index (χ3n) is 2.87. The molecule has 0 aliphatic carbocycles. The number of hydrogen-bond donors (Lipinski definition) is 2. The molecule has 0 saturated carbocycles. The van der Waals surface area contributed by atoms with Gasteiger partial charge in [-0.15, -0.1) is 0 Å². The standard InChI is InChI=1S/C14H11N3O2S/c18-12-13(16-17-14(19)15-12)20-8-9-5-6-10-3-1-2-4-11(10)7-9/h1-7H,8H2,(H2,15,17,18,19). The molecule has 0 radical (unpaired) electrons. The van der Waals surface area contributed by atoms with E-state index in [2.05, 4.69) is 39.4 Å². The first-order chi connectivity index (χ1) is 9.72. The molecular formula is C14H11N3O2S. The van der Waals surface area contributed by atoms with E-state index in [4.69, 9.17) is 0 Å². The van der Waals surface area contributed by atoms with E-state index in [1.165, 1.54) is 17.1 Å². The summed E-state index contributed by atoms with van der Waals surface area (Å²) in [6.45, 7) is 0. The number of aromatic amines is 2. The second-order valence-corrected chi connectivity index (χ2v) is 5.25. The molecule has 0 saturated heterocycles. The molecule has 0 unspecified atom stereocenters. The molecule has 0 atom stereocenters. The van der Waals surface area contributed by atoms with Crippen LogP contribution in [-0.2, 0) is 5.75 Å². The summed E-state index contributed by atoms with van der Waals surface area (Å²) in [4.78, 5) is 24.5. The summed E-state index contributed by atoms with van der Waals surface area (Å²) in [6, 6.07) is 14.3. The Labute approximate surface area is 118 Å². The topological polar surface area (TPSA) is 78.6 Å². The van der Waals surface area contributed by atoms with Gasteiger partial charge >= 0.3 is 5.69 Å². The van der Waals surface area contributed by atoms with Gasteiger partial charge in [-0.1, -0.05) is 54.2 Å². The lowest BCUT2D eigenvalue weighted by atomic mass is 10.1. The first kappa shape index (κ1) is 12.7. The Balaban J connectivity index is 1.83. The van der Waals surface area contributed by atoms with Gasteiger partial charge in [-0.25, -0.2) is 9.89 Å². The van der Waals surface area contributed by atoms with Gasteiger partial charge in [-0.3, -0.25) is 9.78 Å². The Morgan fingerprint density at radius 2 is 1.85 bits per heavy atom. The Bertz CT molecular complexity index is 870. The van der Waals surface area contributed by atoms with Crippen LogP contribution in [0.15, 0.2) is 57.1 Å². The molecule has 0 amide bonds. The summed E-state index contributed by atoms with van der Waals surface area (Å²) < 4.78 is 0. The van der Waals surface area contributed by atoms with E-state index in [0.29, 0.717) is 5.75 Å². The minimum absolute atomic E-state index is 0.262. The van der Waals surface area contributed by atoms with Crippen molar-refractivity contribution < 1.29 is 0 Å². The van der Waals surface area contributed by atoms with Crippen LogP contribution in [0, 0.1) is 0 Å². The molecule has 2 N–H and O–H groups in total. The van der Waals surface area contributed by atoms with Gasteiger partial charge in [-0.05, 0) is 16.3 Å². The highest BCUT2D eigenvalue weighted by Gasteiger charge is 2.04. The Hall–Kier alpha value is -2.34. The molecule has 0 fully saturated rings. The molecule has 100 valence electrons. The molecule has 5 nitrogen and oxygen atoms in total. The third-order valence-corrected chi connectivity index (χ3v) is 3.90. The minimum Gasteiger partial charge on any atom is -0.271 e. The van der Waals surface area contributed by atoms with Crippen molar-refractivity contribution in [2.75, 3.05) is 0 Å². The van der Waals surface area contributed by atoms with Crippen molar-refractivity contribution in [1.29, 1.82) is 0 Å². The molecule has 0 aliphatic rings. The van der Waals surface area contributed by atoms with Gasteiger partial charge in [0.1, 0.15) is 0 Å². The molecule has 2 aromatic carbocycles. The number of nitrogens with one attached hydrogen (secondary N) is 2. The van der Waals surface area contributed by atoms with Gasteiger partial charge in [0.05, 0.1) is 0 Å². The fourth-order valence-corrected chi connectivity index (χ4v) is 2.69. The molecule has 20 heavy (non-hydrogen) atoms. The second-order valence-electron chi connectivity index (χ2n) is 4.28. The van der Waals surface area contributed by atoms with Gasteiger partial charge in [0.15, 0.2) is 5.03 Å². The van der Waals surface area contributed by atoms with Crippen LogP contribution in [0.5, 0.6) is 0 Å². The van der Waals surface area contributed by atoms with E-state index in [0.717, 1.165) is 10.9 Å². The summed E-state index contributed by atoms with van der Waals surface area (Å²) >= 11 is 1.29.